The van der Waals surface area contributed by atoms with E-state index in [9.17, 15) is 5.11 Å². The lowest BCUT2D eigenvalue weighted by Gasteiger charge is -1.90. The number of aromatic hydroxyl groups is 1. The van der Waals surface area contributed by atoms with Gasteiger partial charge in [-0.05, 0) is 42.5 Å². The molecule has 0 bridgehead atoms. The zero-order valence-corrected chi connectivity index (χ0v) is 9.10. The third kappa shape index (κ3) is 1.90. The first kappa shape index (κ1) is 9.53. The Balaban J connectivity index is 2.32. The second-order valence-corrected chi connectivity index (χ2v) is 4.71. The van der Waals surface area contributed by atoms with Gasteiger partial charge in [0.05, 0.1) is 0 Å². The molecule has 0 atom stereocenters. The molecular formula is C12H14OS. The molecule has 14 heavy (non-hydrogen) atoms. The fourth-order valence-electron chi connectivity index (χ4n) is 1.56. The third-order valence-corrected chi connectivity index (χ3v) is 3.50. The lowest BCUT2D eigenvalue weighted by molar-refractivity contribution is 0.476. The zero-order valence-electron chi connectivity index (χ0n) is 8.29. The minimum absolute atomic E-state index is 0.359. The number of thiophene rings is 1. The first-order chi connectivity index (χ1) is 6.79. The van der Waals surface area contributed by atoms with Crippen LogP contribution in [0.1, 0.15) is 24.6 Å². The molecule has 0 radical (unpaired) electrons. The Labute approximate surface area is 88.0 Å². The Kier molecular flexibility index (Phi) is 2.73. The Bertz CT molecular complexity index is 431. The second kappa shape index (κ2) is 4.01. The topological polar surface area (TPSA) is 20.2 Å². The van der Waals surface area contributed by atoms with E-state index in [-0.39, 0.29) is 0 Å². The molecule has 0 aliphatic carbocycles. The van der Waals surface area contributed by atoms with Crippen LogP contribution in [0.4, 0.5) is 0 Å². The summed E-state index contributed by atoms with van der Waals surface area (Å²) in [5.41, 5.74) is 0. The van der Waals surface area contributed by atoms with E-state index >= 15 is 0 Å². The van der Waals surface area contributed by atoms with E-state index in [0.29, 0.717) is 5.75 Å². The van der Waals surface area contributed by atoms with Crippen LogP contribution in [0.15, 0.2) is 24.3 Å². The highest BCUT2D eigenvalue weighted by Gasteiger charge is 2.01. The molecule has 0 saturated heterocycles. The van der Waals surface area contributed by atoms with Crippen molar-refractivity contribution in [1.82, 2.24) is 0 Å². The average Bonchev–Trinajstić information content (AvgIpc) is 2.56. The van der Waals surface area contributed by atoms with Gasteiger partial charge in [0.2, 0.25) is 0 Å². The van der Waals surface area contributed by atoms with Crippen LogP contribution in [0.25, 0.3) is 10.1 Å². The third-order valence-electron chi connectivity index (χ3n) is 2.33. The maximum absolute atomic E-state index is 9.32. The predicted molar refractivity (Wildman–Crippen MR) is 62.1 cm³/mol. The van der Waals surface area contributed by atoms with Gasteiger partial charge in [-0.3, -0.25) is 0 Å². The van der Waals surface area contributed by atoms with Crippen molar-refractivity contribution in [2.75, 3.05) is 0 Å². The van der Waals surface area contributed by atoms with Gasteiger partial charge >= 0.3 is 0 Å². The van der Waals surface area contributed by atoms with Crippen LogP contribution in [0.2, 0.25) is 0 Å². The summed E-state index contributed by atoms with van der Waals surface area (Å²) in [5.74, 6) is 0.359. The number of phenols is 1. The summed E-state index contributed by atoms with van der Waals surface area (Å²) in [6.45, 7) is 2.21. The maximum atomic E-state index is 9.32. The summed E-state index contributed by atoms with van der Waals surface area (Å²) in [5, 5.41) is 10.5. The van der Waals surface area contributed by atoms with Crippen LogP contribution in [-0.4, -0.2) is 5.11 Å². The van der Waals surface area contributed by atoms with E-state index in [1.807, 2.05) is 23.5 Å². The Morgan fingerprint density at radius 3 is 2.93 bits per heavy atom. The number of aryl methyl sites for hydroxylation is 1. The molecule has 74 valence electrons. The fraction of sp³-hybridized carbons (Fsp3) is 0.333. The van der Waals surface area contributed by atoms with Crippen molar-refractivity contribution in [3.8, 4) is 5.75 Å². The Hall–Kier alpha value is -1.02. The second-order valence-electron chi connectivity index (χ2n) is 3.54. The number of phenolic OH excluding ortho intramolecular Hbond substituents is 1. The minimum atomic E-state index is 0.359. The standard InChI is InChI=1S/C12H14OS/c1-2-3-4-11-8-9-7-10(13)5-6-12(9)14-11/h5-8,13H,2-4H2,1H3. The molecule has 2 heteroatoms. The van der Waals surface area contributed by atoms with Crippen molar-refractivity contribution >= 4 is 21.4 Å². The van der Waals surface area contributed by atoms with E-state index in [1.54, 1.807) is 6.07 Å². The molecule has 2 aromatic rings. The van der Waals surface area contributed by atoms with Gasteiger partial charge in [-0.25, -0.2) is 0 Å². The number of hydrogen-bond donors (Lipinski definition) is 1. The van der Waals surface area contributed by atoms with Gasteiger partial charge in [-0.1, -0.05) is 13.3 Å². The number of fused-ring (bicyclic) bond motifs is 1. The predicted octanol–water partition coefficient (Wildman–Crippen LogP) is 3.95. The largest absolute Gasteiger partial charge is 0.508 e. The van der Waals surface area contributed by atoms with Crippen LogP contribution < -0.4 is 0 Å². The van der Waals surface area contributed by atoms with Crippen LogP contribution >= 0.6 is 11.3 Å². The molecule has 0 unspecified atom stereocenters. The molecule has 0 aliphatic heterocycles. The molecule has 1 aromatic heterocycles. The van der Waals surface area contributed by atoms with Crippen molar-refractivity contribution in [3.05, 3.63) is 29.1 Å². The van der Waals surface area contributed by atoms with Gasteiger partial charge in [0.25, 0.3) is 0 Å². The van der Waals surface area contributed by atoms with Crippen molar-refractivity contribution in [3.63, 3.8) is 0 Å². The summed E-state index contributed by atoms with van der Waals surface area (Å²) in [6, 6.07) is 7.77. The van der Waals surface area contributed by atoms with E-state index in [1.165, 1.54) is 27.8 Å². The summed E-state index contributed by atoms with van der Waals surface area (Å²) in [7, 11) is 0. The van der Waals surface area contributed by atoms with Crippen LogP contribution in [0, 0.1) is 0 Å². The Morgan fingerprint density at radius 1 is 1.29 bits per heavy atom. The van der Waals surface area contributed by atoms with Gasteiger partial charge in [-0.15, -0.1) is 11.3 Å². The van der Waals surface area contributed by atoms with E-state index in [4.69, 9.17) is 0 Å². The van der Waals surface area contributed by atoms with Gasteiger partial charge < -0.3 is 5.11 Å². The average molecular weight is 206 g/mol. The molecular weight excluding hydrogens is 192 g/mol. The number of hydrogen-bond acceptors (Lipinski definition) is 2. The van der Waals surface area contributed by atoms with E-state index in [2.05, 4.69) is 13.0 Å². The quantitative estimate of drug-likeness (QED) is 0.806. The molecule has 0 saturated carbocycles. The monoisotopic (exact) mass is 206 g/mol. The van der Waals surface area contributed by atoms with Gasteiger partial charge in [0.1, 0.15) is 5.75 Å². The Morgan fingerprint density at radius 2 is 2.14 bits per heavy atom. The SMILES string of the molecule is CCCCc1cc2cc(O)ccc2s1. The first-order valence-corrected chi connectivity index (χ1v) is 5.82. The van der Waals surface area contributed by atoms with Crippen molar-refractivity contribution in [2.24, 2.45) is 0 Å². The van der Waals surface area contributed by atoms with Crippen molar-refractivity contribution in [2.45, 2.75) is 26.2 Å². The molecule has 0 amide bonds. The fourth-order valence-corrected chi connectivity index (χ4v) is 2.65. The normalized spacial score (nSPS) is 10.9. The highest BCUT2D eigenvalue weighted by atomic mass is 32.1. The maximum Gasteiger partial charge on any atom is 0.116 e. The van der Waals surface area contributed by atoms with Crippen LogP contribution in [-0.2, 0) is 6.42 Å². The summed E-state index contributed by atoms with van der Waals surface area (Å²) < 4.78 is 1.27. The molecule has 0 aliphatic rings. The van der Waals surface area contributed by atoms with Crippen molar-refractivity contribution < 1.29 is 5.11 Å². The van der Waals surface area contributed by atoms with Gasteiger partial charge in [0.15, 0.2) is 0 Å². The zero-order chi connectivity index (χ0) is 9.97. The smallest absolute Gasteiger partial charge is 0.116 e. The van der Waals surface area contributed by atoms with Crippen LogP contribution in [0.3, 0.4) is 0 Å². The molecule has 1 N–H and O–H groups in total. The van der Waals surface area contributed by atoms with E-state index in [0.717, 1.165) is 6.42 Å². The highest BCUT2D eigenvalue weighted by molar-refractivity contribution is 7.19. The lowest BCUT2D eigenvalue weighted by atomic mass is 10.2. The molecule has 1 nitrogen and oxygen atoms in total. The van der Waals surface area contributed by atoms with Gasteiger partial charge in [-0.2, -0.15) is 0 Å². The highest BCUT2D eigenvalue weighted by Crippen LogP contribution is 2.29. The van der Waals surface area contributed by atoms with Crippen molar-refractivity contribution in [1.29, 1.82) is 0 Å². The summed E-state index contributed by atoms with van der Waals surface area (Å²) in [6.07, 6.45) is 3.65. The minimum Gasteiger partial charge on any atom is -0.508 e. The van der Waals surface area contributed by atoms with E-state index < -0.39 is 0 Å². The molecule has 1 heterocycles. The first-order valence-electron chi connectivity index (χ1n) is 5.01. The lowest BCUT2D eigenvalue weighted by Crippen LogP contribution is -1.76. The number of benzene rings is 1. The summed E-state index contributed by atoms with van der Waals surface area (Å²) in [4.78, 5) is 1.42. The number of unbranched alkanes of at least 4 members (excludes halogenated alkanes) is 1. The van der Waals surface area contributed by atoms with Gasteiger partial charge in [0, 0.05) is 9.58 Å². The summed E-state index contributed by atoms with van der Waals surface area (Å²) >= 11 is 1.83. The van der Waals surface area contributed by atoms with Crippen LogP contribution in [0.5, 0.6) is 5.75 Å². The molecule has 0 fully saturated rings. The molecule has 2 rings (SSSR count). The molecule has 0 spiro atoms. The molecule has 1 aromatic carbocycles. The number of rotatable bonds is 3.